The van der Waals surface area contributed by atoms with Gasteiger partial charge in [-0.15, -0.1) is 0 Å². The van der Waals surface area contributed by atoms with Crippen LogP contribution in [0.4, 0.5) is 10.5 Å². The molecule has 0 saturated carbocycles. The van der Waals surface area contributed by atoms with Crippen LogP contribution in [0, 0.1) is 16.7 Å². The number of carbonyl (C=O) groups is 2. The van der Waals surface area contributed by atoms with Crippen LogP contribution in [0.2, 0.25) is 5.02 Å². The monoisotopic (exact) mass is 348 g/mol. The first kappa shape index (κ1) is 18.1. The summed E-state index contributed by atoms with van der Waals surface area (Å²) in [6.07, 6.45) is 0.682. The van der Waals surface area contributed by atoms with Gasteiger partial charge in [-0.25, -0.2) is 4.79 Å². The van der Waals surface area contributed by atoms with Crippen LogP contribution in [0.15, 0.2) is 24.3 Å². The fourth-order valence-electron chi connectivity index (χ4n) is 2.50. The Morgan fingerprint density at radius 3 is 2.33 bits per heavy atom. The highest BCUT2D eigenvalue weighted by Crippen LogP contribution is 2.19. The third-order valence-electron chi connectivity index (χ3n) is 3.98. The van der Waals surface area contributed by atoms with Gasteiger partial charge < -0.3 is 15.1 Å². The summed E-state index contributed by atoms with van der Waals surface area (Å²) in [5, 5.41) is 12.5. The molecule has 0 spiro atoms. The van der Waals surface area contributed by atoms with Crippen molar-refractivity contribution < 1.29 is 9.59 Å². The minimum absolute atomic E-state index is 0.190. The Labute approximate surface area is 147 Å². The van der Waals surface area contributed by atoms with Crippen LogP contribution in [0.5, 0.6) is 0 Å². The van der Waals surface area contributed by atoms with E-state index in [-0.39, 0.29) is 11.9 Å². The molecule has 0 atom stereocenters. The van der Waals surface area contributed by atoms with Crippen LogP contribution in [-0.2, 0) is 4.79 Å². The molecule has 2 rings (SSSR count). The van der Waals surface area contributed by atoms with Gasteiger partial charge in [-0.2, -0.15) is 5.26 Å². The number of halogens is 1. The van der Waals surface area contributed by atoms with Crippen molar-refractivity contribution in [2.45, 2.75) is 20.3 Å². The summed E-state index contributed by atoms with van der Waals surface area (Å²) < 4.78 is 0. The lowest BCUT2D eigenvalue weighted by Crippen LogP contribution is -2.43. The maximum Gasteiger partial charge on any atom is 0.321 e. The number of amides is 3. The van der Waals surface area contributed by atoms with Gasteiger partial charge in [-0.3, -0.25) is 4.79 Å². The van der Waals surface area contributed by atoms with E-state index in [2.05, 4.69) is 5.32 Å². The van der Waals surface area contributed by atoms with Crippen molar-refractivity contribution in [1.29, 1.82) is 5.26 Å². The molecule has 6 nitrogen and oxygen atoms in total. The second kappa shape index (κ2) is 7.54. The summed E-state index contributed by atoms with van der Waals surface area (Å²) in [4.78, 5) is 28.1. The van der Waals surface area contributed by atoms with Crippen molar-refractivity contribution in [3.63, 3.8) is 0 Å². The highest BCUT2D eigenvalue weighted by Gasteiger charge is 2.33. The van der Waals surface area contributed by atoms with Crippen LogP contribution < -0.4 is 5.32 Å². The molecule has 3 amide bonds. The number of benzene rings is 1. The largest absolute Gasteiger partial charge is 0.339 e. The minimum atomic E-state index is -1.04. The summed E-state index contributed by atoms with van der Waals surface area (Å²) in [6, 6.07) is 8.74. The first-order valence-corrected chi connectivity index (χ1v) is 8.23. The Kier molecular flexibility index (Phi) is 5.68. The number of nitrogens with zero attached hydrogens (tertiary/aromatic N) is 3. The molecule has 0 unspecified atom stereocenters. The van der Waals surface area contributed by atoms with Crippen LogP contribution in [0.3, 0.4) is 0 Å². The summed E-state index contributed by atoms with van der Waals surface area (Å²) in [5.41, 5.74) is -0.368. The maximum absolute atomic E-state index is 12.4. The fraction of sp³-hybridized carbons (Fsp3) is 0.471. The van der Waals surface area contributed by atoms with Gasteiger partial charge in [0.1, 0.15) is 5.41 Å². The normalized spacial score (nSPS) is 15.4. The second-order valence-corrected chi connectivity index (χ2v) is 6.74. The first-order chi connectivity index (χ1) is 11.3. The number of urea groups is 1. The second-order valence-electron chi connectivity index (χ2n) is 6.31. The zero-order valence-corrected chi connectivity index (χ0v) is 14.6. The van der Waals surface area contributed by atoms with E-state index in [1.807, 2.05) is 6.07 Å². The van der Waals surface area contributed by atoms with Crippen LogP contribution in [0.1, 0.15) is 20.3 Å². The van der Waals surface area contributed by atoms with Gasteiger partial charge >= 0.3 is 6.03 Å². The first-order valence-electron chi connectivity index (χ1n) is 7.85. The Hall–Kier alpha value is -2.26. The third kappa shape index (κ3) is 4.39. The molecular formula is C17H21ClN4O2. The number of carbonyl (C=O) groups excluding carboxylic acids is 2. The van der Waals surface area contributed by atoms with Crippen molar-refractivity contribution in [1.82, 2.24) is 9.80 Å². The number of nitrogens with one attached hydrogen (secondary N) is 1. The highest BCUT2D eigenvalue weighted by molar-refractivity contribution is 6.30. The Balaban J connectivity index is 1.95. The smallest absolute Gasteiger partial charge is 0.321 e. The quantitative estimate of drug-likeness (QED) is 0.892. The number of nitriles is 1. The summed E-state index contributed by atoms with van der Waals surface area (Å²) in [5.74, 6) is -0.190. The lowest BCUT2D eigenvalue weighted by Gasteiger charge is -2.26. The molecule has 7 heteroatoms. The van der Waals surface area contributed by atoms with E-state index < -0.39 is 5.41 Å². The lowest BCUT2D eigenvalue weighted by molar-refractivity contribution is -0.137. The molecule has 1 aliphatic rings. The van der Waals surface area contributed by atoms with Crippen molar-refractivity contribution in [3.05, 3.63) is 29.3 Å². The van der Waals surface area contributed by atoms with Gasteiger partial charge in [-0.1, -0.05) is 11.6 Å². The molecule has 1 saturated heterocycles. The third-order valence-corrected chi connectivity index (χ3v) is 4.23. The molecule has 1 aliphatic heterocycles. The van der Waals surface area contributed by atoms with Crippen LogP contribution in [-0.4, -0.2) is 47.9 Å². The standard InChI is InChI=1S/C17H21ClN4O2/c1-17(2,12-19)15(23)21-8-3-9-22(11-10-21)16(24)20-14-6-4-13(18)5-7-14/h4-7H,3,8-11H2,1-2H3,(H,20,24). The molecule has 0 aromatic heterocycles. The Morgan fingerprint density at radius 1 is 1.12 bits per heavy atom. The molecule has 1 aromatic carbocycles. The van der Waals surface area contributed by atoms with E-state index >= 15 is 0 Å². The van der Waals surface area contributed by atoms with E-state index in [9.17, 15) is 9.59 Å². The van der Waals surface area contributed by atoms with E-state index in [1.165, 1.54) is 0 Å². The highest BCUT2D eigenvalue weighted by atomic mass is 35.5. The number of hydrogen-bond donors (Lipinski definition) is 1. The van der Waals surface area contributed by atoms with E-state index in [4.69, 9.17) is 16.9 Å². The zero-order chi connectivity index (χ0) is 17.7. The van der Waals surface area contributed by atoms with Crippen LogP contribution in [0.25, 0.3) is 0 Å². The molecule has 0 aliphatic carbocycles. The molecule has 128 valence electrons. The van der Waals surface area contributed by atoms with Gasteiger partial charge in [0.05, 0.1) is 6.07 Å². The maximum atomic E-state index is 12.4. The summed E-state index contributed by atoms with van der Waals surface area (Å²) >= 11 is 5.83. The van der Waals surface area contributed by atoms with Gasteiger partial charge in [0, 0.05) is 36.9 Å². The van der Waals surface area contributed by atoms with Gasteiger partial charge in [-0.05, 0) is 44.5 Å². The Bertz CT molecular complexity index is 652. The van der Waals surface area contributed by atoms with E-state index in [0.29, 0.717) is 43.3 Å². The van der Waals surface area contributed by atoms with Crippen molar-refractivity contribution in [2.75, 3.05) is 31.5 Å². The molecule has 0 bridgehead atoms. The van der Waals surface area contributed by atoms with Gasteiger partial charge in [0.2, 0.25) is 5.91 Å². The number of rotatable bonds is 2. The van der Waals surface area contributed by atoms with Gasteiger partial charge in [0.25, 0.3) is 0 Å². The zero-order valence-electron chi connectivity index (χ0n) is 13.9. The van der Waals surface area contributed by atoms with Crippen LogP contribution >= 0.6 is 11.6 Å². The lowest BCUT2D eigenvalue weighted by atomic mass is 9.94. The number of hydrogen-bond acceptors (Lipinski definition) is 3. The van der Waals surface area contributed by atoms with Crippen molar-refractivity contribution in [3.8, 4) is 6.07 Å². The average molecular weight is 349 g/mol. The SMILES string of the molecule is CC(C)(C#N)C(=O)N1CCCN(C(=O)Nc2ccc(Cl)cc2)CC1. The van der Waals surface area contributed by atoms with E-state index in [1.54, 1.807) is 47.9 Å². The minimum Gasteiger partial charge on any atom is -0.339 e. The molecule has 1 aromatic rings. The van der Waals surface area contributed by atoms with E-state index in [0.717, 1.165) is 0 Å². The van der Waals surface area contributed by atoms with Crippen molar-refractivity contribution in [2.24, 2.45) is 5.41 Å². The molecule has 1 N–H and O–H groups in total. The predicted octanol–water partition coefficient (Wildman–Crippen LogP) is 2.96. The Morgan fingerprint density at radius 2 is 1.71 bits per heavy atom. The summed E-state index contributed by atoms with van der Waals surface area (Å²) in [7, 11) is 0. The molecular weight excluding hydrogens is 328 g/mol. The fourth-order valence-corrected chi connectivity index (χ4v) is 2.63. The molecule has 1 fully saturated rings. The van der Waals surface area contributed by atoms with Gasteiger partial charge in [0.15, 0.2) is 0 Å². The summed E-state index contributed by atoms with van der Waals surface area (Å²) in [6.45, 7) is 5.21. The van der Waals surface area contributed by atoms with Crippen molar-refractivity contribution >= 4 is 29.2 Å². The average Bonchev–Trinajstić information content (AvgIpc) is 2.82. The predicted molar refractivity (Wildman–Crippen MR) is 92.6 cm³/mol. The molecule has 1 heterocycles. The number of anilines is 1. The topological polar surface area (TPSA) is 76.4 Å². The molecule has 24 heavy (non-hydrogen) atoms. The molecule has 0 radical (unpaired) electrons.